The summed E-state index contributed by atoms with van der Waals surface area (Å²) < 4.78 is 10.9. The number of methoxy groups -OCH3 is 2. The van der Waals surface area contributed by atoms with Crippen molar-refractivity contribution in [3.05, 3.63) is 58.9 Å². The average molecular weight is 481 g/mol. The van der Waals surface area contributed by atoms with Gasteiger partial charge < -0.3 is 19.4 Å². The molecule has 0 amide bonds. The average Bonchev–Trinajstić information content (AvgIpc) is 3.59. The van der Waals surface area contributed by atoms with Crippen molar-refractivity contribution in [2.24, 2.45) is 21.8 Å². The molecule has 7 rings (SSSR count). The highest BCUT2D eigenvalue weighted by Gasteiger charge is 2.35. The third-order valence-electron chi connectivity index (χ3n) is 8.33. The molecule has 0 unspecified atom stereocenters. The molecule has 0 radical (unpaired) electrons. The molecule has 36 heavy (non-hydrogen) atoms. The second kappa shape index (κ2) is 8.54. The molecule has 6 nitrogen and oxygen atoms in total. The molecule has 0 spiro atoms. The Hall–Kier alpha value is -3.54. The van der Waals surface area contributed by atoms with Gasteiger partial charge in [0.2, 0.25) is 0 Å². The third kappa shape index (κ3) is 3.62. The van der Waals surface area contributed by atoms with Crippen LogP contribution in [0.3, 0.4) is 0 Å². The Morgan fingerprint density at radius 2 is 1.28 bits per heavy atom. The summed E-state index contributed by atoms with van der Waals surface area (Å²) in [4.78, 5) is 17.5. The molecule has 0 saturated heterocycles. The van der Waals surface area contributed by atoms with Gasteiger partial charge in [0.05, 0.1) is 37.0 Å². The largest absolute Gasteiger partial charge is 0.497 e. The summed E-state index contributed by atoms with van der Waals surface area (Å²) in [6.07, 6.45) is 6.63. The van der Waals surface area contributed by atoms with Crippen LogP contribution in [0.15, 0.2) is 46.4 Å². The van der Waals surface area contributed by atoms with Crippen LogP contribution in [0.4, 0.5) is 0 Å². The minimum absolute atomic E-state index is 0.557. The molecular weight excluding hydrogens is 448 g/mol. The van der Waals surface area contributed by atoms with Gasteiger partial charge in [-0.25, -0.2) is 0 Å². The molecule has 2 aromatic carbocycles. The van der Waals surface area contributed by atoms with Gasteiger partial charge in [0, 0.05) is 47.0 Å². The Bertz CT molecular complexity index is 1430. The fourth-order valence-corrected chi connectivity index (χ4v) is 6.30. The third-order valence-corrected chi connectivity index (χ3v) is 8.33. The van der Waals surface area contributed by atoms with Crippen molar-refractivity contribution in [1.29, 1.82) is 0 Å². The second-order valence-corrected chi connectivity index (χ2v) is 10.4. The lowest BCUT2D eigenvalue weighted by Crippen LogP contribution is -2.22. The van der Waals surface area contributed by atoms with Gasteiger partial charge in [0.25, 0.3) is 0 Å². The van der Waals surface area contributed by atoms with Crippen molar-refractivity contribution < 1.29 is 9.47 Å². The molecule has 1 fully saturated rings. The highest BCUT2D eigenvalue weighted by atomic mass is 16.5. The van der Waals surface area contributed by atoms with Crippen LogP contribution in [0.1, 0.15) is 48.2 Å². The number of rotatable bonds is 7. The molecule has 2 aromatic heterocycles. The van der Waals surface area contributed by atoms with Gasteiger partial charge in [-0.15, -0.1) is 0 Å². The van der Waals surface area contributed by atoms with E-state index < -0.39 is 0 Å². The van der Waals surface area contributed by atoms with Gasteiger partial charge in [-0.3, -0.25) is 9.98 Å². The molecule has 4 heterocycles. The van der Waals surface area contributed by atoms with Crippen LogP contribution >= 0.6 is 0 Å². The van der Waals surface area contributed by atoms with E-state index >= 15 is 0 Å². The Labute approximate surface area is 210 Å². The summed E-state index contributed by atoms with van der Waals surface area (Å²) in [6, 6.07) is 12.7. The van der Waals surface area contributed by atoms with Gasteiger partial charge in [-0.2, -0.15) is 0 Å². The summed E-state index contributed by atoms with van der Waals surface area (Å²) in [5, 5.41) is 2.60. The summed E-state index contributed by atoms with van der Waals surface area (Å²) >= 11 is 0. The number of aliphatic imine (C=N–C) groups is 2. The molecule has 4 aromatic rings. The van der Waals surface area contributed by atoms with E-state index in [1.54, 1.807) is 14.2 Å². The van der Waals surface area contributed by atoms with Gasteiger partial charge in [-0.1, -0.05) is 0 Å². The maximum absolute atomic E-state index is 5.46. The molecular formula is C30H32N4O2. The minimum atomic E-state index is 0.557. The summed E-state index contributed by atoms with van der Waals surface area (Å²) in [5.41, 5.74) is 10.1. The number of aromatic nitrogens is 2. The summed E-state index contributed by atoms with van der Waals surface area (Å²) in [7, 11) is 3.44. The molecule has 1 aliphatic carbocycles. The number of aromatic amines is 2. The van der Waals surface area contributed by atoms with E-state index in [0.29, 0.717) is 5.92 Å². The fraction of sp³-hybridized carbons (Fsp3) is 0.400. The van der Waals surface area contributed by atoms with Crippen molar-refractivity contribution in [3.63, 3.8) is 0 Å². The number of fused-ring (bicyclic) bond motifs is 6. The van der Waals surface area contributed by atoms with Gasteiger partial charge in [0.15, 0.2) is 0 Å². The number of benzene rings is 2. The van der Waals surface area contributed by atoms with Crippen molar-refractivity contribution >= 4 is 33.2 Å². The molecule has 2 aliphatic heterocycles. The monoisotopic (exact) mass is 480 g/mol. The number of H-pyrrole nitrogens is 2. The number of hydrogen-bond acceptors (Lipinski definition) is 4. The van der Waals surface area contributed by atoms with Gasteiger partial charge >= 0.3 is 0 Å². The van der Waals surface area contributed by atoms with Crippen LogP contribution in [0.2, 0.25) is 0 Å². The number of nitrogens with one attached hydrogen (secondary N) is 2. The maximum atomic E-state index is 5.46. The van der Waals surface area contributed by atoms with Gasteiger partial charge in [-0.05, 0) is 85.8 Å². The lowest BCUT2D eigenvalue weighted by molar-refractivity contribution is 0.415. The first-order valence-corrected chi connectivity index (χ1v) is 13.2. The molecule has 2 N–H and O–H groups in total. The van der Waals surface area contributed by atoms with Crippen molar-refractivity contribution in [1.82, 2.24) is 9.97 Å². The summed E-state index contributed by atoms with van der Waals surface area (Å²) in [6.45, 7) is 1.74. The maximum Gasteiger partial charge on any atom is 0.120 e. The van der Waals surface area contributed by atoms with E-state index in [-0.39, 0.29) is 0 Å². The standard InChI is InChI=1S/C30H32N4O2/c1-35-19-5-7-21-23-9-11-31-27(29(23)33-25(21)15-19)13-18(17-3-4-17)14-28-30-24(10-12-32-28)22-8-6-20(36-2)16-26(22)34-30/h5-8,15-18,33-34H,3-4,9-14H2,1-2H3. The van der Waals surface area contributed by atoms with Crippen LogP contribution in [0.5, 0.6) is 11.5 Å². The van der Waals surface area contributed by atoms with Crippen molar-refractivity contribution in [3.8, 4) is 11.5 Å². The van der Waals surface area contributed by atoms with Gasteiger partial charge in [0.1, 0.15) is 11.5 Å². The number of nitrogens with zero attached hydrogens (tertiary/aromatic N) is 2. The van der Waals surface area contributed by atoms with Crippen LogP contribution in [0.25, 0.3) is 21.8 Å². The van der Waals surface area contributed by atoms with Crippen LogP contribution in [0, 0.1) is 11.8 Å². The molecule has 1 saturated carbocycles. The molecule has 184 valence electrons. The minimum Gasteiger partial charge on any atom is -0.497 e. The highest BCUT2D eigenvalue weighted by molar-refractivity contribution is 6.08. The highest BCUT2D eigenvalue weighted by Crippen LogP contribution is 2.43. The van der Waals surface area contributed by atoms with E-state index in [0.717, 1.165) is 67.2 Å². The number of ether oxygens (including phenoxy) is 2. The lowest BCUT2D eigenvalue weighted by Gasteiger charge is -2.22. The molecule has 6 heteroatoms. The van der Waals surface area contributed by atoms with Crippen molar-refractivity contribution in [2.45, 2.75) is 38.5 Å². The normalized spacial score (nSPS) is 17.2. The zero-order valence-electron chi connectivity index (χ0n) is 21.0. The first-order valence-electron chi connectivity index (χ1n) is 13.2. The van der Waals surface area contributed by atoms with Crippen LogP contribution in [-0.4, -0.2) is 48.7 Å². The zero-order chi connectivity index (χ0) is 24.2. The Balaban J connectivity index is 1.19. The van der Waals surface area contributed by atoms with Crippen molar-refractivity contribution in [2.75, 3.05) is 27.3 Å². The smallest absolute Gasteiger partial charge is 0.120 e. The fourth-order valence-electron chi connectivity index (χ4n) is 6.30. The van der Waals surface area contributed by atoms with E-state index in [2.05, 4.69) is 46.4 Å². The molecule has 0 bridgehead atoms. The zero-order valence-corrected chi connectivity index (χ0v) is 21.0. The van der Waals surface area contributed by atoms with E-state index in [4.69, 9.17) is 19.5 Å². The molecule has 0 atom stereocenters. The van der Waals surface area contributed by atoms with Crippen LogP contribution in [-0.2, 0) is 12.8 Å². The predicted octanol–water partition coefficient (Wildman–Crippen LogP) is 5.86. The first kappa shape index (κ1) is 21.7. The Kier molecular flexibility index (Phi) is 5.15. The second-order valence-electron chi connectivity index (χ2n) is 10.4. The first-order chi connectivity index (χ1) is 17.7. The van der Waals surface area contributed by atoms with E-state index in [9.17, 15) is 0 Å². The number of hydrogen-bond donors (Lipinski definition) is 2. The summed E-state index contributed by atoms with van der Waals surface area (Å²) in [5.74, 6) is 3.09. The molecule has 3 aliphatic rings. The topological polar surface area (TPSA) is 74.8 Å². The SMILES string of the molecule is COc1ccc2c3c([nH]c2c1)C(CC(CC1=NCCc2c1[nH]c1cc(OC)ccc21)C1CC1)=NCC3. The van der Waals surface area contributed by atoms with E-state index in [1.807, 2.05) is 0 Å². The Morgan fingerprint density at radius 1 is 0.778 bits per heavy atom. The van der Waals surface area contributed by atoms with Crippen LogP contribution < -0.4 is 9.47 Å². The Morgan fingerprint density at radius 3 is 1.72 bits per heavy atom. The predicted molar refractivity (Wildman–Crippen MR) is 145 cm³/mol. The quantitative estimate of drug-likeness (QED) is 0.347. The van der Waals surface area contributed by atoms with E-state index in [1.165, 1.54) is 57.6 Å². The lowest BCUT2D eigenvalue weighted by atomic mass is 9.86.